The van der Waals surface area contributed by atoms with Gasteiger partial charge in [-0.2, -0.15) is 0 Å². The minimum atomic E-state index is -0.606. The number of aromatic nitrogens is 3. The maximum atomic E-state index is 11.8. The van der Waals surface area contributed by atoms with Gasteiger partial charge in [-0.25, -0.2) is 14.3 Å². The molecule has 1 fully saturated rings. The van der Waals surface area contributed by atoms with Gasteiger partial charge in [-0.05, 0) is 19.3 Å². The number of nitrogens with zero attached hydrogens (tertiary/aromatic N) is 3. The van der Waals surface area contributed by atoms with Gasteiger partial charge in [0.15, 0.2) is 5.69 Å². The van der Waals surface area contributed by atoms with Gasteiger partial charge < -0.3 is 10.1 Å². The summed E-state index contributed by atoms with van der Waals surface area (Å²) in [4.78, 5) is 34.7. The third-order valence-electron chi connectivity index (χ3n) is 3.01. The largest absolute Gasteiger partial charge is 0.464 e. The lowest BCUT2D eigenvalue weighted by Gasteiger charge is -2.07. The highest BCUT2D eigenvalue weighted by atomic mass is 16.5. The Morgan fingerprint density at radius 2 is 2.10 bits per heavy atom. The van der Waals surface area contributed by atoms with Gasteiger partial charge >= 0.3 is 12.0 Å². The van der Waals surface area contributed by atoms with E-state index in [0.717, 1.165) is 12.8 Å². The zero-order chi connectivity index (χ0) is 15.4. The Hall–Kier alpha value is -2.45. The van der Waals surface area contributed by atoms with Crippen LogP contribution in [0, 0.1) is 0 Å². The number of carbonyl (C=O) groups is 3. The monoisotopic (exact) mass is 295 g/mol. The lowest BCUT2D eigenvalue weighted by molar-refractivity contribution is -0.120. The summed E-state index contributed by atoms with van der Waals surface area (Å²) in [7, 11) is 1.25. The predicted molar refractivity (Wildman–Crippen MR) is 70.4 cm³/mol. The highest BCUT2D eigenvalue weighted by Gasteiger charge is 2.24. The fourth-order valence-electron chi connectivity index (χ4n) is 1.82. The second kappa shape index (κ2) is 6.33. The molecule has 1 aliphatic carbocycles. The predicted octanol–water partition coefficient (Wildman–Crippen LogP) is -0.385. The first kappa shape index (κ1) is 14.9. The topological polar surface area (TPSA) is 115 Å². The number of nitrogens with one attached hydrogen (secondary N) is 2. The van der Waals surface area contributed by atoms with Gasteiger partial charge in [0.05, 0.1) is 12.8 Å². The third kappa shape index (κ3) is 3.77. The van der Waals surface area contributed by atoms with Crippen LogP contribution in [0.5, 0.6) is 0 Å². The molecule has 1 aliphatic rings. The molecule has 0 spiro atoms. The van der Waals surface area contributed by atoms with E-state index in [2.05, 4.69) is 25.7 Å². The first-order valence-electron chi connectivity index (χ1n) is 6.66. The molecule has 9 nitrogen and oxygen atoms in total. The summed E-state index contributed by atoms with van der Waals surface area (Å²) in [5, 5.41) is 12.3. The average Bonchev–Trinajstić information content (AvgIpc) is 3.16. The van der Waals surface area contributed by atoms with Gasteiger partial charge in [0.25, 0.3) is 0 Å². The SMILES string of the molecule is CCc1c(C(=O)OC)nnn1CC(=O)NC(=O)NC1CC1. The number of hydrogen-bond acceptors (Lipinski definition) is 6. The smallest absolute Gasteiger partial charge is 0.360 e. The number of urea groups is 1. The van der Waals surface area contributed by atoms with Crippen molar-refractivity contribution >= 4 is 17.9 Å². The highest BCUT2D eigenvalue weighted by Crippen LogP contribution is 2.18. The van der Waals surface area contributed by atoms with Gasteiger partial charge in [0.1, 0.15) is 6.54 Å². The zero-order valence-corrected chi connectivity index (χ0v) is 11.9. The van der Waals surface area contributed by atoms with Gasteiger partial charge in [-0.15, -0.1) is 5.10 Å². The van der Waals surface area contributed by atoms with Crippen molar-refractivity contribution in [2.45, 2.75) is 38.8 Å². The molecule has 0 bridgehead atoms. The van der Waals surface area contributed by atoms with E-state index in [-0.39, 0.29) is 18.3 Å². The Morgan fingerprint density at radius 3 is 2.67 bits per heavy atom. The number of ether oxygens (including phenoxy) is 1. The number of imide groups is 1. The van der Waals surface area contributed by atoms with E-state index in [0.29, 0.717) is 12.1 Å². The molecule has 0 unspecified atom stereocenters. The minimum absolute atomic E-state index is 0.0789. The van der Waals surface area contributed by atoms with Crippen LogP contribution in [0.15, 0.2) is 0 Å². The number of hydrogen-bond donors (Lipinski definition) is 2. The van der Waals surface area contributed by atoms with Crippen molar-refractivity contribution in [3.8, 4) is 0 Å². The molecule has 2 N–H and O–H groups in total. The summed E-state index contributed by atoms with van der Waals surface area (Å²) in [6, 6.07) is -0.352. The van der Waals surface area contributed by atoms with Gasteiger partial charge in [0, 0.05) is 6.04 Å². The number of amides is 3. The Morgan fingerprint density at radius 1 is 1.38 bits per heavy atom. The van der Waals surface area contributed by atoms with Crippen molar-refractivity contribution in [2.24, 2.45) is 0 Å². The van der Waals surface area contributed by atoms with Crippen LogP contribution in [-0.4, -0.2) is 46.1 Å². The molecular formula is C12H17N5O4. The van der Waals surface area contributed by atoms with Crippen LogP contribution in [0.25, 0.3) is 0 Å². The molecule has 9 heteroatoms. The molecule has 114 valence electrons. The number of rotatable bonds is 5. The van der Waals surface area contributed by atoms with Crippen LogP contribution in [0.2, 0.25) is 0 Å². The van der Waals surface area contributed by atoms with Gasteiger partial charge in [-0.1, -0.05) is 12.1 Å². The lowest BCUT2D eigenvalue weighted by Crippen LogP contribution is -2.42. The van der Waals surface area contributed by atoms with Crippen molar-refractivity contribution in [1.82, 2.24) is 25.6 Å². The molecule has 1 saturated carbocycles. The van der Waals surface area contributed by atoms with E-state index < -0.39 is 17.9 Å². The van der Waals surface area contributed by atoms with E-state index in [4.69, 9.17) is 0 Å². The second-order valence-electron chi connectivity index (χ2n) is 4.68. The molecule has 1 aromatic heterocycles. The molecular weight excluding hydrogens is 278 g/mol. The van der Waals surface area contributed by atoms with Crippen LogP contribution in [0.3, 0.4) is 0 Å². The summed E-state index contributed by atoms with van der Waals surface area (Å²) in [6.07, 6.45) is 2.33. The first-order valence-corrected chi connectivity index (χ1v) is 6.66. The van der Waals surface area contributed by atoms with Crippen molar-refractivity contribution in [2.75, 3.05) is 7.11 Å². The molecule has 1 heterocycles. The maximum Gasteiger partial charge on any atom is 0.360 e. The van der Waals surface area contributed by atoms with Crippen molar-refractivity contribution in [1.29, 1.82) is 0 Å². The quantitative estimate of drug-likeness (QED) is 0.715. The maximum absolute atomic E-state index is 11.8. The molecule has 21 heavy (non-hydrogen) atoms. The fraction of sp³-hybridized carbons (Fsp3) is 0.583. The minimum Gasteiger partial charge on any atom is -0.464 e. The Labute approximate surface area is 121 Å². The van der Waals surface area contributed by atoms with E-state index in [1.165, 1.54) is 11.8 Å². The average molecular weight is 295 g/mol. The summed E-state index contributed by atoms with van der Waals surface area (Å²) in [5.74, 6) is -1.13. The van der Waals surface area contributed by atoms with Crippen LogP contribution in [-0.2, 0) is 22.5 Å². The summed E-state index contributed by atoms with van der Waals surface area (Å²) < 4.78 is 5.88. The Balaban J connectivity index is 1.98. The fourth-order valence-corrected chi connectivity index (χ4v) is 1.82. The van der Waals surface area contributed by atoms with Crippen molar-refractivity contribution in [3.05, 3.63) is 11.4 Å². The van der Waals surface area contributed by atoms with E-state index in [1.54, 1.807) is 6.92 Å². The zero-order valence-electron chi connectivity index (χ0n) is 11.9. The van der Waals surface area contributed by atoms with Crippen LogP contribution in [0.4, 0.5) is 4.79 Å². The molecule has 2 rings (SSSR count). The Bertz CT molecular complexity index is 564. The molecule has 0 atom stereocenters. The molecule has 0 saturated heterocycles. The lowest BCUT2D eigenvalue weighted by atomic mass is 10.2. The van der Waals surface area contributed by atoms with E-state index in [1.807, 2.05) is 0 Å². The third-order valence-corrected chi connectivity index (χ3v) is 3.01. The van der Waals surface area contributed by atoms with Crippen LogP contribution >= 0.6 is 0 Å². The standard InChI is InChI=1S/C12H17N5O4/c1-3-8-10(11(19)21-2)15-16-17(8)6-9(18)14-12(20)13-7-4-5-7/h7H,3-6H2,1-2H3,(H2,13,14,18,20). The normalized spacial score (nSPS) is 13.6. The Kier molecular flexibility index (Phi) is 4.51. The molecule has 0 aliphatic heterocycles. The summed E-state index contributed by atoms with van der Waals surface area (Å²) in [5.41, 5.74) is 0.565. The molecule has 0 aromatic carbocycles. The second-order valence-corrected chi connectivity index (χ2v) is 4.68. The van der Waals surface area contributed by atoms with Crippen LogP contribution < -0.4 is 10.6 Å². The molecule has 3 amide bonds. The van der Waals surface area contributed by atoms with Crippen molar-refractivity contribution in [3.63, 3.8) is 0 Å². The number of methoxy groups -OCH3 is 1. The first-order chi connectivity index (χ1) is 10.0. The number of carbonyl (C=O) groups excluding carboxylic acids is 3. The number of esters is 1. The van der Waals surface area contributed by atoms with E-state index in [9.17, 15) is 14.4 Å². The van der Waals surface area contributed by atoms with Crippen molar-refractivity contribution < 1.29 is 19.1 Å². The summed E-state index contributed by atoms with van der Waals surface area (Å²) in [6.45, 7) is 1.62. The van der Waals surface area contributed by atoms with Crippen LogP contribution in [0.1, 0.15) is 35.9 Å². The molecule has 0 radical (unpaired) electrons. The van der Waals surface area contributed by atoms with Gasteiger partial charge in [0.2, 0.25) is 5.91 Å². The molecule has 1 aromatic rings. The van der Waals surface area contributed by atoms with Gasteiger partial charge in [-0.3, -0.25) is 10.1 Å². The van der Waals surface area contributed by atoms with E-state index >= 15 is 0 Å². The summed E-state index contributed by atoms with van der Waals surface area (Å²) >= 11 is 0. The highest BCUT2D eigenvalue weighted by molar-refractivity contribution is 5.94.